The first-order chi connectivity index (χ1) is 15.8. The number of rotatable bonds is 10. The van der Waals surface area contributed by atoms with Crippen LogP contribution in [0.25, 0.3) is 0 Å². The number of hydrogen-bond acceptors (Lipinski definition) is 6. The lowest BCUT2D eigenvalue weighted by molar-refractivity contribution is -0.149. The van der Waals surface area contributed by atoms with Crippen LogP contribution in [0.2, 0.25) is 0 Å². The molecule has 0 bridgehead atoms. The van der Waals surface area contributed by atoms with E-state index in [2.05, 4.69) is 5.32 Å². The van der Waals surface area contributed by atoms with Crippen LogP contribution >= 0.6 is 0 Å². The fourth-order valence-corrected chi connectivity index (χ4v) is 4.03. The Balaban J connectivity index is 1.65. The molecule has 3 aromatic rings. The Morgan fingerprint density at radius 3 is 2.06 bits per heavy atom. The fraction of sp³-hybridized carbons (Fsp3) is 0.200. The van der Waals surface area contributed by atoms with Crippen molar-refractivity contribution < 1.29 is 26.9 Å². The maximum atomic E-state index is 12.7. The average molecular weight is 468 g/mol. The summed E-state index contributed by atoms with van der Waals surface area (Å²) in [5.41, 5.74) is 1.64. The smallest absolute Gasteiger partial charge is 0.339 e. The summed E-state index contributed by atoms with van der Waals surface area (Å²) in [4.78, 5) is 24.1. The number of benzene rings is 3. The summed E-state index contributed by atoms with van der Waals surface area (Å²) in [6.07, 6.45) is 0.305. The third-order valence-corrected chi connectivity index (χ3v) is 6.06. The van der Waals surface area contributed by atoms with Gasteiger partial charge in [-0.15, -0.1) is 0 Å². The van der Waals surface area contributed by atoms with E-state index in [9.17, 15) is 18.0 Å². The van der Waals surface area contributed by atoms with Crippen molar-refractivity contribution in [3.63, 3.8) is 0 Å². The minimum absolute atomic E-state index is 0.0607. The number of carbonyl (C=O) groups excluding carboxylic acids is 2. The van der Waals surface area contributed by atoms with Crippen LogP contribution in [0.1, 0.15) is 18.1 Å². The first kappa shape index (κ1) is 24.0. The van der Waals surface area contributed by atoms with Crippen molar-refractivity contribution in [3.05, 3.63) is 96.1 Å². The molecule has 172 valence electrons. The molecule has 0 saturated carbocycles. The van der Waals surface area contributed by atoms with E-state index in [4.69, 9.17) is 8.92 Å². The Bertz CT molecular complexity index is 1160. The van der Waals surface area contributed by atoms with E-state index in [1.807, 2.05) is 30.3 Å². The van der Waals surface area contributed by atoms with Crippen LogP contribution in [0.15, 0.2) is 89.8 Å². The molecule has 7 nitrogen and oxygen atoms in total. The van der Waals surface area contributed by atoms with Gasteiger partial charge in [-0.25, -0.2) is 0 Å². The van der Waals surface area contributed by atoms with E-state index in [1.54, 1.807) is 30.3 Å². The number of ether oxygens (including phenoxy) is 1. The van der Waals surface area contributed by atoms with E-state index < -0.39 is 22.0 Å². The van der Waals surface area contributed by atoms with Crippen LogP contribution in [0.5, 0.6) is 5.75 Å². The normalized spacial score (nSPS) is 11.9. The highest BCUT2D eigenvalue weighted by molar-refractivity contribution is 7.87. The van der Waals surface area contributed by atoms with Crippen molar-refractivity contribution in [1.82, 2.24) is 5.32 Å². The molecule has 1 unspecified atom stereocenters. The van der Waals surface area contributed by atoms with Gasteiger partial charge < -0.3 is 14.2 Å². The highest BCUT2D eigenvalue weighted by Crippen LogP contribution is 2.21. The number of nitrogens with one attached hydrogen (secondary N) is 1. The van der Waals surface area contributed by atoms with Gasteiger partial charge in [0.15, 0.2) is 0 Å². The van der Waals surface area contributed by atoms with Gasteiger partial charge in [0.25, 0.3) is 0 Å². The molecule has 0 aliphatic heterocycles. The van der Waals surface area contributed by atoms with Crippen molar-refractivity contribution >= 4 is 22.0 Å². The molecule has 0 saturated heterocycles. The van der Waals surface area contributed by atoms with Crippen LogP contribution in [-0.2, 0) is 37.5 Å². The van der Waals surface area contributed by atoms with E-state index in [0.717, 1.165) is 11.1 Å². The topological polar surface area (TPSA) is 98.8 Å². The van der Waals surface area contributed by atoms with E-state index in [1.165, 1.54) is 31.2 Å². The van der Waals surface area contributed by atoms with Crippen LogP contribution in [0, 0.1) is 5.92 Å². The first-order valence-corrected chi connectivity index (χ1v) is 11.8. The third-order valence-electron chi connectivity index (χ3n) is 4.80. The lowest BCUT2D eigenvalue weighted by Gasteiger charge is -2.17. The molecule has 0 aliphatic rings. The third kappa shape index (κ3) is 7.47. The molecule has 33 heavy (non-hydrogen) atoms. The zero-order chi connectivity index (χ0) is 23.7. The van der Waals surface area contributed by atoms with Gasteiger partial charge in [-0.1, -0.05) is 60.7 Å². The van der Waals surface area contributed by atoms with Crippen molar-refractivity contribution in [3.8, 4) is 5.75 Å². The Kier molecular flexibility index (Phi) is 8.21. The van der Waals surface area contributed by atoms with Crippen molar-refractivity contribution in [2.75, 3.05) is 6.54 Å². The molecule has 8 heteroatoms. The number of hydrogen-bond donors (Lipinski definition) is 1. The lowest BCUT2D eigenvalue weighted by Crippen LogP contribution is -2.33. The van der Waals surface area contributed by atoms with Crippen LogP contribution < -0.4 is 9.50 Å². The Morgan fingerprint density at radius 2 is 1.45 bits per heavy atom. The van der Waals surface area contributed by atoms with Gasteiger partial charge in [0, 0.05) is 13.5 Å². The van der Waals surface area contributed by atoms with Crippen molar-refractivity contribution in [2.45, 2.75) is 24.8 Å². The maximum absolute atomic E-state index is 12.7. The first-order valence-electron chi connectivity index (χ1n) is 10.4. The SMILES string of the molecule is CC(=O)NCC(Cc1ccc(OS(=O)(=O)c2ccccc2)cc1)C(=O)OCc1ccccc1. The van der Waals surface area contributed by atoms with Gasteiger partial charge in [-0.05, 0) is 41.8 Å². The van der Waals surface area contributed by atoms with E-state index in [-0.39, 0.29) is 29.7 Å². The summed E-state index contributed by atoms with van der Waals surface area (Å²) in [6.45, 7) is 1.65. The monoisotopic (exact) mass is 467 g/mol. The summed E-state index contributed by atoms with van der Waals surface area (Å²) in [7, 11) is -3.94. The summed E-state index contributed by atoms with van der Waals surface area (Å²) in [5, 5.41) is 2.66. The minimum Gasteiger partial charge on any atom is -0.461 e. The van der Waals surface area contributed by atoms with Crippen LogP contribution in [0.3, 0.4) is 0 Å². The number of esters is 1. The molecular weight excluding hydrogens is 442 g/mol. The van der Waals surface area contributed by atoms with Gasteiger partial charge in [0.2, 0.25) is 5.91 Å². The van der Waals surface area contributed by atoms with Gasteiger partial charge in [-0.2, -0.15) is 8.42 Å². The Labute approximate surface area is 193 Å². The molecule has 3 aromatic carbocycles. The summed E-state index contributed by atoms with van der Waals surface area (Å²) >= 11 is 0. The standard InChI is InChI=1S/C25H25NO6S/c1-19(27)26-17-22(25(28)31-18-21-8-4-2-5-9-21)16-20-12-14-23(15-13-20)32-33(29,30)24-10-6-3-7-11-24/h2-15,22H,16-18H2,1H3,(H,26,27). The molecule has 1 N–H and O–H groups in total. The second kappa shape index (κ2) is 11.3. The fourth-order valence-electron chi connectivity index (χ4n) is 3.08. The molecule has 0 aromatic heterocycles. The zero-order valence-electron chi connectivity index (χ0n) is 18.1. The average Bonchev–Trinajstić information content (AvgIpc) is 2.82. The number of amides is 1. The van der Waals surface area contributed by atoms with Gasteiger partial charge in [-0.3, -0.25) is 9.59 Å². The Hall–Kier alpha value is -3.65. The molecule has 0 heterocycles. The zero-order valence-corrected chi connectivity index (χ0v) is 19.0. The Morgan fingerprint density at radius 1 is 0.848 bits per heavy atom. The van der Waals surface area contributed by atoms with Gasteiger partial charge >= 0.3 is 16.1 Å². The highest BCUT2D eigenvalue weighted by atomic mass is 32.2. The second-order valence-corrected chi connectivity index (χ2v) is 8.97. The van der Waals surface area contributed by atoms with E-state index in [0.29, 0.717) is 6.42 Å². The predicted molar refractivity (Wildman–Crippen MR) is 123 cm³/mol. The predicted octanol–water partition coefficient (Wildman–Crippen LogP) is 3.49. The summed E-state index contributed by atoms with van der Waals surface area (Å²) < 4.78 is 35.4. The number of carbonyl (C=O) groups is 2. The molecule has 1 atom stereocenters. The minimum atomic E-state index is -3.94. The highest BCUT2D eigenvalue weighted by Gasteiger charge is 2.22. The van der Waals surface area contributed by atoms with Crippen LogP contribution in [0.4, 0.5) is 0 Å². The van der Waals surface area contributed by atoms with Gasteiger partial charge in [0.05, 0.1) is 5.92 Å². The summed E-state index contributed by atoms with van der Waals surface area (Å²) in [5.74, 6) is -1.12. The second-order valence-electron chi connectivity index (χ2n) is 7.43. The molecule has 3 rings (SSSR count). The summed E-state index contributed by atoms with van der Waals surface area (Å²) in [6, 6.07) is 23.6. The van der Waals surface area contributed by atoms with E-state index >= 15 is 0 Å². The lowest BCUT2D eigenvalue weighted by atomic mass is 9.99. The molecule has 0 radical (unpaired) electrons. The van der Waals surface area contributed by atoms with Gasteiger partial charge in [0.1, 0.15) is 17.3 Å². The van der Waals surface area contributed by atoms with Crippen molar-refractivity contribution in [1.29, 1.82) is 0 Å². The quantitative estimate of drug-likeness (QED) is 0.362. The van der Waals surface area contributed by atoms with Crippen molar-refractivity contribution in [2.24, 2.45) is 5.92 Å². The molecule has 1 amide bonds. The molecule has 0 spiro atoms. The molecule has 0 fully saturated rings. The van der Waals surface area contributed by atoms with Crippen LogP contribution in [-0.4, -0.2) is 26.8 Å². The molecular formula is C25H25NO6S. The maximum Gasteiger partial charge on any atom is 0.339 e. The largest absolute Gasteiger partial charge is 0.461 e. The molecule has 0 aliphatic carbocycles.